The van der Waals surface area contributed by atoms with Gasteiger partial charge in [-0.05, 0) is 31.8 Å². The zero-order valence-corrected chi connectivity index (χ0v) is 16.6. The SMILES string of the molecule is CN(C)C(CNC(=O)c1ccc([N+](=O)[O-])cc1Cl)c1cn(C)c2ccccc12. The van der Waals surface area contributed by atoms with Gasteiger partial charge in [0, 0.05) is 42.8 Å². The molecule has 28 heavy (non-hydrogen) atoms. The van der Waals surface area contributed by atoms with Crippen LogP contribution in [0.2, 0.25) is 5.02 Å². The van der Waals surface area contributed by atoms with Crippen molar-refractivity contribution in [1.82, 2.24) is 14.8 Å². The molecule has 0 fully saturated rings. The topological polar surface area (TPSA) is 80.4 Å². The number of para-hydroxylation sites is 1. The van der Waals surface area contributed by atoms with Gasteiger partial charge in [-0.25, -0.2) is 0 Å². The van der Waals surface area contributed by atoms with Crippen LogP contribution in [0.5, 0.6) is 0 Å². The highest BCUT2D eigenvalue weighted by Gasteiger charge is 2.21. The van der Waals surface area contributed by atoms with Crippen molar-refractivity contribution in [3.05, 3.63) is 74.9 Å². The van der Waals surface area contributed by atoms with E-state index in [4.69, 9.17) is 11.6 Å². The number of likely N-dealkylation sites (N-methyl/N-ethyl adjacent to an activating group) is 1. The molecule has 1 N–H and O–H groups in total. The van der Waals surface area contributed by atoms with Gasteiger partial charge in [0.1, 0.15) is 0 Å². The van der Waals surface area contributed by atoms with Gasteiger partial charge in [-0.1, -0.05) is 29.8 Å². The summed E-state index contributed by atoms with van der Waals surface area (Å²) in [5.74, 6) is -0.369. The van der Waals surface area contributed by atoms with E-state index in [9.17, 15) is 14.9 Å². The van der Waals surface area contributed by atoms with Crippen molar-refractivity contribution >= 4 is 34.1 Å². The first-order valence-electron chi connectivity index (χ1n) is 8.72. The number of hydrogen-bond acceptors (Lipinski definition) is 4. The van der Waals surface area contributed by atoms with Crippen LogP contribution in [0.3, 0.4) is 0 Å². The second kappa shape index (κ2) is 8.00. The third-order valence-corrected chi connectivity index (χ3v) is 5.09. The lowest BCUT2D eigenvalue weighted by Gasteiger charge is -2.24. The molecule has 0 saturated heterocycles. The Labute approximate surface area is 167 Å². The number of non-ortho nitro benzene ring substituents is 1. The highest BCUT2D eigenvalue weighted by molar-refractivity contribution is 6.34. The number of nitro groups is 1. The molecule has 1 unspecified atom stereocenters. The quantitative estimate of drug-likeness (QED) is 0.504. The average molecular weight is 401 g/mol. The number of carbonyl (C=O) groups excluding carboxylic acids is 1. The fraction of sp³-hybridized carbons (Fsp3) is 0.250. The van der Waals surface area contributed by atoms with E-state index in [0.29, 0.717) is 6.54 Å². The minimum atomic E-state index is -0.545. The maximum absolute atomic E-state index is 12.6. The van der Waals surface area contributed by atoms with Gasteiger partial charge in [-0.2, -0.15) is 0 Å². The lowest BCUT2D eigenvalue weighted by atomic mass is 10.0. The Bertz CT molecular complexity index is 1050. The number of nitrogens with one attached hydrogen (secondary N) is 1. The number of fused-ring (bicyclic) bond motifs is 1. The molecule has 1 atom stereocenters. The predicted molar refractivity (Wildman–Crippen MR) is 110 cm³/mol. The van der Waals surface area contributed by atoms with Gasteiger partial charge in [-0.15, -0.1) is 0 Å². The number of aromatic nitrogens is 1. The van der Waals surface area contributed by atoms with Crippen molar-refractivity contribution in [2.75, 3.05) is 20.6 Å². The number of carbonyl (C=O) groups is 1. The molecule has 0 aliphatic rings. The summed E-state index contributed by atoms with van der Waals surface area (Å²) in [6.45, 7) is 0.368. The standard InChI is InChI=1S/C20H21ClN4O3/c1-23(2)19(16-12-24(3)18-7-5-4-6-14(16)18)11-22-20(26)15-9-8-13(25(27)28)10-17(15)21/h4-10,12,19H,11H2,1-3H3,(H,22,26). The molecular weight excluding hydrogens is 380 g/mol. The molecule has 2 aromatic carbocycles. The molecule has 0 aliphatic heterocycles. The zero-order valence-electron chi connectivity index (χ0n) is 15.8. The fourth-order valence-corrected chi connectivity index (χ4v) is 3.56. The van der Waals surface area contributed by atoms with E-state index >= 15 is 0 Å². The number of aryl methyl sites for hydroxylation is 1. The summed E-state index contributed by atoms with van der Waals surface area (Å²) in [4.78, 5) is 24.9. The molecule has 0 bridgehead atoms. The van der Waals surface area contributed by atoms with Crippen molar-refractivity contribution < 1.29 is 9.72 Å². The maximum atomic E-state index is 12.6. The van der Waals surface area contributed by atoms with E-state index in [1.807, 2.05) is 38.2 Å². The largest absolute Gasteiger partial charge is 0.350 e. The highest BCUT2D eigenvalue weighted by Crippen LogP contribution is 2.28. The first-order chi connectivity index (χ1) is 13.3. The van der Waals surface area contributed by atoms with E-state index in [1.165, 1.54) is 18.2 Å². The Hall–Kier alpha value is -2.90. The number of nitro benzene ring substituents is 1. The summed E-state index contributed by atoms with van der Waals surface area (Å²) in [5.41, 5.74) is 2.29. The Morgan fingerprint density at radius 2 is 2.00 bits per heavy atom. The van der Waals surface area contributed by atoms with Crippen molar-refractivity contribution in [1.29, 1.82) is 0 Å². The lowest BCUT2D eigenvalue weighted by Crippen LogP contribution is -2.34. The van der Waals surface area contributed by atoms with Crippen LogP contribution >= 0.6 is 11.6 Å². The van der Waals surface area contributed by atoms with E-state index in [-0.39, 0.29) is 28.2 Å². The van der Waals surface area contributed by atoms with Gasteiger partial charge < -0.3 is 14.8 Å². The van der Waals surface area contributed by atoms with Crippen LogP contribution in [0.25, 0.3) is 10.9 Å². The third kappa shape index (κ3) is 3.85. The first kappa shape index (κ1) is 19.9. The minimum Gasteiger partial charge on any atom is -0.350 e. The minimum absolute atomic E-state index is 0.0492. The summed E-state index contributed by atoms with van der Waals surface area (Å²) in [6.07, 6.45) is 2.07. The Morgan fingerprint density at radius 3 is 2.64 bits per heavy atom. The summed E-state index contributed by atoms with van der Waals surface area (Å²) < 4.78 is 2.07. The average Bonchev–Trinajstić information content (AvgIpc) is 2.98. The molecule has 1 heterocycles. The van der Waals surface area contributed by atoms with Crippen molar-refractivity contribution in [2.45, 2.75) is 6.04 Å². The molecule has 0 radical (unpaired) electrons. The van der Waals surface area contributed by atoms with Gasteiger partial charge in [0.15, 0.2) is 0 Å². The molecule has 0 spiro atoms. The maximum Gasteiger partial charge on any atom is 0.270 e. The van der Waals surface area contributed by atoms with E-state index in [2.05, 4.69) is 28.2 Å². The predicted octanol–water partition coefficient (Wildman–Crippen LogP) is 3.77. The molecule has 3 rings (SSSR count). The summed E-state index contributed by atoms with van der Waals surface area (Å²) in [6, 6.07) is 11.9. The third-order valence-electron chi connectivity index (χ3n) is 4.77. The normalized spacial score (nSPS) is 12.3. The Kier molecular flexibility index (Phi) is 5.67. The molecule has 1 aromatic heterocycles. The fourth-order valence-electron chi connectivity index (χ4n) is 3.30. The smallest absolute Gasteiger partial charge is 0.270 e. The summed E-state index contributed by atoms with van der Waals surface area (Å²) in [7, 11) is 5.91. The molecule has 1 amide bonds. The van der Waals surface area contributed by atoms with E-state index < -0.39 is 4.92 Å². The van der Waals surface area contributed by atoms with Crippen LogP contribution in [0.4, 0.5) is 5.69 Å². The summed E-state index contributed by atoms with van der Waals surface area (Å²) >= 11 is 6.07. The van der Waals surface area contributed by atoms with E-state index in [0.717, 1.165) is 16.5 Å². The van der Waals surface area contributed by atoms with Crippen molar-refractivity contribution in [2.24, 2.45) is 7.05 Å². The van der Waals surface area contributed by atoms with Gasteiger partial charge in [0.2, 0.25) is 0 Å². The molecule has 7 nitrogen and oxygen atoms in total. The molecule has 0 saturated carbocycles. The Morgan fingerprint density at radius 1 is 1.29 bits per heavy atom. The van der Waals surface area contributed by atoms with Gasteiger partial charge in [0.05, 0.1) is 21.6 Å². The monoisotopic (exact) mass is 400 g/mol. The number of nitrogens with zero attached hydrogens (tertiary/aromatic N) is 3. The highest BCUT2D eigenvalue weighted by atomic mass is 35.5. The molecular formula is C20H21ClN4O3. The van der Waals surface area contributed by atoms with Crippen LogP contribution < -0.4 is 5.32 Å². The number of hydrogen-bond donors (Lipinski definition) is 1. The number of rotatable bonds is 6. The van der Waals surface area contributed by atoms with Gasteiger partial charge >= 0.3 is 0 Å². The van der Waals surface area contributed by atoms with E-state index in [1.54, 1.807) is 0 Å². The van der Waals surface area contributed by atoms with Crippen molar-refractivity contribution in [3.8, 4) is 0 Å². The van der Waals surface area contributed by atoms with Crippen LogP contribution in [-0.2, 0) is 7.05 Å². The summed E-state index contributed by atoms with van der Waals surface area (Å²) in [5, 5.41) is 14.9. The van der Waals surface area contributed by atoms with Gasteiger partial charge in [-0.3, -0.25) is 14.9 Å². The number of halogens is 1. The van der Waals surface area contributed by atoms with Crippen molar-refractivity contribution in [3.63, 3.8) is 0 Å². The second-order valence-electron chi connectivity index (χ2n) is 6.82. The van der Waals surface area contributed by atoms with Gasteiger partial charge in [0.25, 0.3) is 11.6 Å². The number of amides is 1. The van der Waals surface area contributed by atoms with Crippen LogP contribution in [-0.4, -0.2) is 40.9 Å². The molecule has 3 aromatic rings. The lowest BCUT2D eigenvalue weighted by molar-refractivity contribution is -0.384. The number of benzene rings is 2. The molecule has 8 heteroatoms. The second-order valence-corrected chi connectivity index (χ2v) is 7.23. The molecule has 0 aliphatic carbocycles. The molecule has 146 valence electrons. The van der Waals surface area contributed by atoms with Crippen LogP contribution in [0.15, 0.2) is 48.7 Å². The first-order valence-corrected chi connectivity index (χ1v) is 9.10. The van der Waals surface area contributed by atoms with Crippen LogP contribution in [0.1, 0.15) is 22.0 Å². The zero-order chi connectivity index (χ0) is 20.4. The van der Waals surface area contributed by atoms with Crippen LogP contribution in [0, 0.1) is 10.1 Å². The Balaban J connectivity index is 1.82.